The van der Waals surface area contributed by atoms with Gasteiger partial charge in [0, 0.05) is 26.2 Å². The summed E-state index contributed by atoms with van der Waals surface area (Å²) in [5.74, 6) is -0.842. The fraction of sp³-hybridized carbons (Fsp3) is 0.846. The minimum atomic E-state index is -0.842. The summed E-state index contributed by atoms with van der Waals surface area (Å²) in [6, 6.07) is 0.246. The lowest BCUT2D eigenvalue weighted by atomic mass is 10.1. The second-order valence-corrected chi connectivity index (χ2v) is 5.19. The highest BCUT2D eigenvalue weighted by Gasteiger charge is 2.26. The van der Waals surface area contributed by atoms with Crippen LogP contribution in [-0.4, -0.2) is 65.8 Å². The Morgan fingerprint density at radius 3 is 2.42 bits per heavy atom. The minimum absolute atomic E-state index is 0.0369. The van der Waals surface area contributed by atoms with E-state index in [1.165, 1.54) is 0 Å². The van der Waals surface area contributed by atoms with Crippen LogP contribution in [0.5, 0.6) is 0 Å². The number of amides is 2. The number of likely N-dealkylation sites (tertiary alicyclic amines) is 1. The fourth-order valence-corrected chi connectivity index (χ4v) is 1.97. The fourth-order valence-electron chi connectivity index (χ4n) is 1.97. The van der Waals surface area contributed by atoms with Gasteiger partial charge in [0.15, 0.2) is 0 Å². The van der Waals surface area contributed by atoms with Crippen LogP contribution < -0.4 is 0 Å². The average molecular weight is 272 g/mol. The molecule has 0 saturated carbocycles. The van der Waals surface area contributed by atoms with Crippen LogP contribution >= 0.6 is 0 Å². The van der Waals surface area contributed by atoms with Crippen molar-refractivity contribution in [1.29, 1.82) is 0 Å². The number of nitrogens with zero attached hydrogens (tertiary/aromatic N) is 2. The van der Waals surface area contributed by atoms with Crippen LogP contribution in [0, 0.1) is 0 Å². The van der Waals surface area contributed by atoms with Crippen LogP contribution in [0.25, 0.3) is 0 Å². The van der Waals surface area contributed by atoms with Crippen molar-refractivity contribution in [2.45, 2.75) is 45.3 Å². The van der Waals surface area contributed by atoms with Gasteiger partial charge in [-0.05, 0) is 26.7 Å². The van der Waals surface area contributed by atoms with Crippen molar-refractivity contribution >= 4 is 12.0 Å². The van der Waals surface area contributed by atoms with E-state index in [1.54, 1.807) is 4.90 Å². The zero-order valence-corrected chi connectivity index (χ0v) is 12.0. The third-order valence-corrected chi connectivity index (χ3v) is 3.46. The molecule has 19 heavy (non-hydrogen) atoms. The van der Waals surface area contributed by atoms with Gasteiger partial charge >= 0.3 is 12.0 Å². The number of carbonyl (C=O) groups is 2. The van der Waals surface area contributed by atoms with Crippen molar-refractivity contribution < 1.29 is 19.4 Å². The molecule has 0 aromatic carbocycles. The van der Waals surface area contributed by atoms with E-state index >= 15 is 0 Å². The summed E-state index contributed by atoms with van der Waals surface area (Å²) in [5, 5.41) is 8.53. The van der Waals surface area contributed by atoms with E-state index in [1.807, 2.05) is 25.8 Å². The number of rotatable bonds is 5. The molecular weight excluding hydrogens is 248 g/mol. The Labute approximate surface area is 114 Å². The predicted octanol–water partition coefficient (Wildman–Crippen LogP) is 1.40. The molecule has 0 aliphatic carbocycles. The van der Waals surface area contributed by atoms with Gasteiger partial charge < -0.3 is 19.6 Å². The molecule has 1 aliphatic heterocycles. The number of carboxylic acids is 1. The third kappa shape index (κ3) is 5.06. The lowest BCUT2D eigenvalue weighted by Crippen LogP contribution is -2.48. The number of carboxylic acid groups (broad SMARTS) is 1. The topological polar surface area (TPSA) is 70.1 Å². The summed E-state index contributed by atoms with van der Waals surface area (Å²) in [6.45, 7) is 5.57. The van der Waals surface area contributed by atoms with Gasteiger partial charge in [-0.1, -0.05) is 0 Å². The molecule has 2 amide bonds. The second-order valence-electron chi connectivity index (χ2n) is 5.19. The molecule has 110 valence electrons. The molecule has 0 atom stereocenters. The van der Waals surface area contributed by atoms with Gasteiger partial charge in [-0.2, -0.15) is 0 Å². The lowest BCUT2D eigenvalue weighted by molar-refractivity contribution is -0.138. The summed E-state index contributed by atoms with van der Waals surface area (Å²) >= 11 is 0. The maximum atomic E-state index is 12.1. The summed E-state index contributed by atoms with van der Waals surface area (Å²) < 4.78 is 5.50. The van der Waals surface area contributed by atoms with Gasteiger partial charge in [0.2, 0.25) is 0 Å². The van der Waals surface area contributed by atoms with Gasteiger partial charge in [0.05, 0.1) is 19.1 Å². The smallest absolute Gasteiger partial charge is 0.319 e. The van der Waals surface area contributed by atoms with E-state index in [2.05, 4.69) is 0 Å². The van der Waals surface area contributed by atoms with Crippen LogP contribution in [0.15, 0.2) is 0 Å². The Balaban J connectivity index is 2.28. The zero-order valence-electron chi connectivity index (χ0n) is 12.0. The average Bonchev–Trinajstić information content (AvgIpc) is 2.37. The molecule has 0 aromatic heterocycles. The molecule has 1 fully saturated rings. The van der Waals surface area contributed by atoms with Gasteiger partial charge in [0.25, 0.3) is 0 Å². The van der Waals surface area contributed by atoms with Gasteiger partial charge in [-0.15, -0.1) is 0 Å². The predicted molar refractivity (Wildman–Crippen MR) is 71.1 cm³/mol. The largest absolute Gasteiger partial charge is 0.481 e. The summed E-state index contributed by atoms with van der Waals surface area (Å²) in [7, 11) is 1.81. The Morgan fingerprint density at radius 1 is 1.37 bits per heavy atom. The monoisotopic (exact) mass is 272 g/mol. The molecular formula is C13H24N2O4. The van der Waals surface area contributed by atoms with Crippen LogP contribution in [-0.2, 0) is 9.53 Å². The first kappa shape index (κ1) is 15.8. The molecule has 1 N–H and O–H groups in total. The summed E-state index contributed by atoms with van der Waals surface area (Å²) in [4.78, 5) is 26.0. The van der Waals surface area contributed by atoms with Gasteiger partial charge in [0.1, 0.15) is 0 Å². The van der Waals surface area contributed by atoms with Crippen LogP contribution in [0.3, 0.4) is 0 Å². The Morgan fingerprint density at radius 2 is 1.95 bits per heavy atom. The molecule has 0 aromatic rings. The van der Waals surface area contributed by atoms with E-state index in [0.717, 1.165) is 12.8 Å². The number of piperidine rings is 1. The highest BCUT2D eigenvalue weighted by molar-refractivity contribution is 5.74. The number of hydrogen-bond acceptors (Lipinski definition) is 3. The SMILES string of the molecule is CC(C)N(C)C(=O)N1CCC(OCCC(=O)O)CC1. The van der Waals surface area contributed by atoms with Crippen LogP contribution in [0.1, 0.15) is 33.1 Å². The molecule has 1 heterocycles. The lowest BCUT2D eigenvalue weighted by Gasteiger charge is -2.35. The number of aliphatic carboxylic acids is 1. The summed E-state index contributed by atoms with van der Waals surface area (Å²) in [5.41, 5.74) is 0. The van der Waals surface area contributed by atoms with Crippen LogP contribution in [0.2, 0.25) is 0 Å². The van der Waals surface area contributed by atoms with Crippen molar-refractivity contribution in [3.8, 4) is 0 Å². The first-order chi connectivity index (χ1) is 8.91. The van der Waals surface area contributed by atoms with Gasteiger partial charge in [-0.25, -0.2) is 4.79 Å². The Hall–Kier alpha value is -1.30. The molecule has 6 heteroatoms. The van der Waals surface area contributed by atoms with Crippen molar-refractivity contribution in [3.05, 3.63) is 0 Å². The number of urea groups is 1. The second kappa shape index (κ2) is 7.33. The maximum absolute atomic E-state index is 12.1. The van der Waals surface area contributed by atoms with Crippen LogP contribution in [0.4, 0.5) is 4.79 Å². The van der Waals surface area contributed by atoms with Crippen molar-refractivity contribution in [1.82, 2.24) is 9.80 Å². The molecule has 0 radical (unpaired) electrons. The molecule has 1 aliphatic rings. The molecule has 6 nitrogen and oxygen atoms in total. The third-order valence-electron chi connectivity index (χ3n) is 3.46. The van der Waals surface area contributed by atoms with E-state index in [-0.39, 0.29) is 31.2 Å². The van der Waals surface area contributed by atoms with E-state index in [0.29, 0.717) is 13.1 Å². The van der Waals surface area contributed by atoms with Gasteiger partial charge in [-0.3, -0.25) is 4.79 Å². The van der Waals surface area contributed by atoms with E-state index < -0.39 is 5.97 Å². The van der Waals surface area contributed by atoms with Crippen molar-refractivity contribution in [3.63, 3.8) is 0 Å². The van der Waals surface area contributed by atoms with E-state index in [4.69, 9.17) is 9.84 Å². The highest BCUT2D eigenvalue weighted by Crippen LogP contribution is 2.15. The van der Waals surface area contributed by atoms with Crippen molar-refractivity contribution in [2.75, 3.05) is 26.7 Å². The molecule has 1 saturated heterocycles. The summed E-state index contributed by atoms with van der Waals surface area (Å²) in [6.07, 6.45) is 1.66. The number of carbonyl (C=O) groups excluding carboxylic acids is 1. The Kier molecular flexibility index (Phi) is 6.08. The number of ether oxygens (including phenoxy) is 1. The van der Waals surface area contributed by atoms with Crippen molar-refractivity contribution in [2.24, 2.45) is 0 Å². The number of hydrogen-bond donors (Lipinski definition) is 1. The molecule has 0 bridgehead atoms. The maximum Gasteiger partial charge on any atom is 0.319 e. The first-order valence-electron chi connectivity index (χ1n) is 6.77. The first-order valence-corrected chi connectivity index (χ1v) is 6.77. The quantitative estimate of drug-likeness (QED) is 0.821. The molecule has 0 unspecified atom stereocenters. The molecule has 1 rings (SSSR count). The standard InChI is InChI=1S/C13H24N2O4/c1-10(2)14(3)13(18)15-7-4-11(5-8-15)19-9-6-12(16)17/h10-11H,4-9H2,1-3H3,(H,16,17). The minimum Gasteiger partial charge on any atom is -0.481 e. The normalized spacial score (nSPS) is 16.7. The Bertz CT molecular complexity index is 312. The molecule has 0 spiro atoms. The van der Waals surface area contributed by atoms with E-state index in [9.17, 15) is 9.59 Å². The zero-order chi connectivity index (χ0) is 14.4. The highest BCUT2D eigenvalue weighted by atomic mass is 16.5.